The van der Waals surface area contributed by atoms with Gasteiger partial charge >= 0.3 is 0 Å². The topological polar surface area (TPSA) is 93.9 Å². The molecule has 5 heterocycles. The molecule has 170 valence electrons. The number of aromatic nitrogens is 6. The smallest absolute Gasteiger partial charge is 0.232 e. The summed E-state index contributed by atoms with van der Waals surface area (Å²) >= 11 is 5.45. The van der Waals surface area contributed by atoms with Crippen LogP contribution in [-0.2, 0) is 6.54 Å². The summed E-state index contributed by atoms with van der Waals surface area (Å²) in [5, 5.41) is 7.88. The standard InChI is InChI=1S/C22H23BrN8OS/c1-13-18(23)19-20(33-13)21(30-11-16(12-30)32-17-9-24-4-5-25-17)29-22(28-19)27-15-7-14(8-15)10-31-6-2-3-26-31/h2-6,9,14-16H,7-8,10-12H2,1H3,(H,27,28,29). The van der Waals surface area contributed by atoms with E-state index in [4.69, 9.17) is 14.7 Å². The van der Waals surface area contributed by atoms with Gasteiger partial charge in [-0.05, 0) is 47.7 Å². The van der Waals surface area contributed by atoms with E-state index < -0.39 is 0 Å². The molecule has 0 radical (unpaired) electrons. The fraction of sp³-hybridized carbons (Fsp3) is 0.409. The number of rotatable bonds is 7. The van der Waals surface area contributed by atoms with Crippen molar-refractivity contribution >= 4 is 49.2 Å². The molecule has 2 aliphatic rings. The fourth-order valence-electron chi connectivity index (χ4n) is 4.39. The van der Waals surface area contributed by atoms with Crippen molar-refractivity contribution in [3.05, 3.63) is 46.4 Å². The molecular weight excluding hydrogens is 504 g/mol. The lowest BCUT2D eigenvalue weighted by atomic mass is 9.80. The van der Waals surface area contributed by atoms with Gasteiger partial charge in [0.2, 0.25) is 11.8 Å². The molecule has 2 fully saturated rings. The number of anilines is 2. The van der Waals surface area contributed by atoms with E-state index in [1.165, 1.54) is 4.88 Å². The number of aryl methyl sites for hydroxylation is 1. The molecule has 1 aliphatic heterocycles. The van der Waals surface area contributed by atoms with E-state index in [0.29, 0.717) is 23.8 Å². The Balaban J connectivity index is 1.16. The summed E-state index contributed by atoms with van der Waals surface area (Å²) in [5.74, 6) is 2.85. The average Bonchev–Trinajstić information content (AvgIpc) is 3.38. The van der Waals surface area contributed by atoms with Crippen molar-refractivity contribution in [3.8, 4) is 5.88 Å². The van der Waals surface area contributed by atoms with Crippen molar-refractivity contribution in [2.75, 3.05) is 23.3 Å². The largest absolute Gasteiger partial charge is 0.469 e. The molecule has 0 atom stereocenters. The molecule has 4 aromatic heterocycles. The van der Waals surface area contributed by atoms with Gasteiger partial charge in [0.05, 0.1) is 28.5 Å². The highest BCUT2D eigenvalue weighted by Crippen LogP contribution is 2.41. The lowest BCUT2D eigenvalue weighted by molar-refractivity contribution is 0.159. The van der Waals surface area contributed by atoms with Gasteiger partial charge in [-0.2, -0.15) is 10.1 Å². The van der Waals surface area contributed by atoms with E-state index in [1.54, 1.807) is 29.9 Å². The van der Waals surface area contributed by atoms with Crippen molar-refractivity contribution in [1.82, 2.24) is 29.7 Å². The van der Waals surface area contributed by atoms with Crippen LogP contribution in [0.15, 0.2) is 41.5 Å². The first-order valence-corrected chi connectivity index (χ1v) is 12.6. The molecule has 9 nitrogen and oxygen atoms in total. The molecule has 0 unspecified atom stereocenters. The van der Waals surface area contributed by atoms with Crippen LogP contribution < -0.4 is 15.0 Å². The molecule has 0 bridgehead atoms. The van der Waals surface area contributed by atoms with Crippen LogP contribution in [0.4, 0.5) is 11.8 Å². The van der Waals surface area contributed by atoms with E-state index in [2.05, 4.69) is 48.1 Å². The van der Waals surface area contributed by atoms with Crippen LogP contribution in [0.25, 0.3) is 10.2 Å². The minimum Gasteiger partial charge on any atom is -0.469 e. The molecule has 4 aromatic rings. The maximum Gasteiger partial charge on any atom is 0.232 e. The Bertz CT molecular complexity index is 1250. The van der Waals surface area contributed by atoms with Gasteiger partial charge in [-0.1, -0.05) is 0 Å². The van der Waals surface area contributed by atoms with Gasteiger partial charge in [-0.3, -0.25) is 9.67 Å². The number of nitrogens with one attached hydrogen (secondary N) is 1. The third-order valence-electron chi connectivity index (χ3n) is 6.17. The maximum atomic E-state index is 5.93. The quantitative estimate of drug-likeness (QED) is 0.387. The summed E-state index contributed by atoms with van der Waals surface area (Å²) in [6, 6.07) is 2.36. The summed E-state index contributed by atoms with van der Waals surface area (Å²) in [7, 11) is 0. The first-order chi connectivity index (χ1) is 16.1. The van der Waals surface area contributed by atoms with Gasteiger partial charge in [0.1, 0.15) is 11.6 Å². The molecule has 0 aromatic carbocycles. The predicted octanol–water partition coefficient (Wildman–Crippen LogP) is 3.91. The Kier molecular flexibility index (Phi) is 5.37. The minimum absolute atomic E-state index is 0.0716. The molecular formula is C22H23BrN8OS. The molecule has 0 spiro atoms. The summed E-state index contributed by atoms with van der Waals surface area (Å²) in [4.78, 5) is 21.5. The Morgan fingerprint density at radius 1 is 1.21 bits per heavy atom. The van der Waals surface area contributed by atoms with Crippen molar-refractivity contribution in [2.45, 2.75) is 38.5 Å². The van der Waals surface area contributed by atoms with Gasteiger partial charge in [0.15, 0.2) is 5.82 Å². The van der Waals surface area contributed by atoms with Crippen LogP contribution in [0.3, 0.4) is 0 Å². The molecule has 0 amide bonds. The first kappa shape index (κ1) is 20.8. The number of thiophene rings is 1. The Morgan fingerprint density at radius 2 is 2.09 bits per heavy atom. The van der Waals surface area contributed by atoms with E-state index in [9.17, 15) is 0 Å². The van der Waals surface area contributed by atoms with E-state index in [1.807, 2.05) is 23.1 Å². The summed E-state index contributed by atoms with van der Waals surface area (Å²) in [6.45, 7) is 4.58. The van der Waals surface area contributed by atoms with Crippen LogP contribution in [-0.4, -0.2) is 55.0 Å². The second-order valence-electron chi connectivity index (χ2n) is 8.62. The molecule has 6 rings (SSSR count). The van der Waals surface area contributed by atoms with Crippen molar-refractivity contribution in [1.29, 1.82) is 0 Å². The van der Waals surface area contributed by atoms with Crippen LogP contribution >= 0.6 is 27.3 Å². The zero-order chi connectivity index (χ0) is 22.4. The second kappa shape index (κ2) is 8.53. The third kappa shape index (κ3) is 4.15. The Morgan fingerprint density at radius 3 is 2.85 bits per heavy atom. The molecule has 33 heavy (non-hydrogen) atoms. The van der Waals surface area contributed by atoms with Gasteiger partial charge in [0, 0.05) is 42.3 Å². The monoisotopic (exact) mass is 526 g/mol. The summed E-state index contributed by atoms with van der Waals surface area (Å²) in [6.07, 6.45) is 11.0. The van der Waals surface area contributed by atoms with Gasteiger partial charge < -0.3 is 15.0 Å². The van der Waals surface area contributed by atoms with Crippen molar-refractivity contribution in [3.63, 3.8) is 0 Å². The van der Waals surface area contributed by atoms with Gasteiger partial charge in [0.25, 0.3) is 0 Å². The van der Waals surface area contributed by atoms with Crippen LogP contribution in [0.2, 0.25) is 0 Å². The predicted molar refractivity (Wildman–Crippen MR) is 131 cm³/mol. The van der Waals surface area contributed by atoms with E-state index in [0.717, 1.165) is 53.0 Å². The highest BCUT2D eigenvalue weighted by molar-refractivity contribution is 9.10. The minimum atomic E-state index is 0.0716. The van der Waals surface area contributed by atoms with E-state index in [-0.39, 0.29) is 6.10 Å². The number of halogens is 1. The summed E-state index contributed by atoms with van der Waals surface area (Å²) < 4.78 is 10.1. The Hall–Kier alpha value is -2.79. The SMILES string of the molecule is Cc1sc2c(N3CC(Oc4cnccn4)C3)nc(NC3CC(Cn4cccn4)C3)nc2c1Br. The fourth-order valence-corrected chi connectivity index (χ4v) is 6.05. The number of fused-ring (bicyclic) bond motifs is 1. The second-order valence-corrected chi connectivity index (χ2v) is 10.6. The highest BCUT2D eigenvalue weighted by atomic mass is 79.9. The number of nitrogens with zero attached hydrogens (tertiary/aromatic N) is 7. The van der Waals surface area contributed by atoms with Crippen LogP contribution in [0.5, 0.6) is 5.88 Å². The van der Waals surface area contributed by atoms with Crippen molar-refractivity contribution in [2.24, 2.45) is 5.92 Å². The van der Waals surface area contributed by atoms with Gasteiger partial charge in [-0.15, -0.1) is 11.3 Å². The lowest BCUT2D eigenvalue weighted by Gasteiger charge is -2.40. The Labute approximate surface area is 203 Å². The zero-order valence-corrected chi connectivity index (χ0v) is 20.5. The number of ether oxygens (including phenoxy) is 1. The van der Waals surface area contributed by atoms with Crippen molar-refractivity contribution < 1.29 is 4.74 Å². The normalized spacial score (nSPS) is 20.5. The van der Waals surface area contributed by atoms with Crippen LogP contribution in [0.1, 0.15) is 17.7 Å². The number of hydrogen-bond acceptors (Lipinski definition) is 9. The molecule has 1 aliphatic carbocycles. The lowest BCUT2D eigenvalue weighted by Crippen LogP contribution is -2.54. The van der Waals surface area contributed by atoms with Crippen LogP contribution in [0, 0.1) is 12.8 Å². The maximum absolute atomic E-state index is 5.93. The third-order valence-corrected chi connectivity index (χ3v) is 8.49. The van der Waals surface area contributed by atoms with E-state index >= 15 is 0 Å². The molecule has 1 saturated carbocycles. The first-order valence-electron chi connectivity index (χ1n) is 11.0. The zero-order valence-electron chi connectivity index (χ0n) is 18.1. The van der Waals surface area contributed by atoms with Gasteiger partial charge in [-0.25, -0.2) is 9.97 Å². The molecule has 1 saturated heterocycles. The average molecular weight is 527 g/mol. The molecule has 1 N–H and O–H groups in total. The molecule has 11 heteroatoms. The number of hydrogen-bond donors (Lipinski definition) is 1. The highest BCUT2D eigenvalue weighted by Gasteiger charge is 2.34. The summed E-state index contributed by atoms with van der Waals surface area (Å²) in [5.41, 5.74) is 0.968.